The van der Waals surface area contributed by atoms with Gasteiger partial charge in [0.1, 0.15) is 5.75 Å². The molecule has 100 valence electrons. The summed E-state index contributed by atoms with van der Waals surface area (Å²) in [6.45, 7) is 1.40. The molecule has 0 aliphatic rings. The number of rotatable bonds is 8. The molecular formula is C14H22N2O2. The molecule has 0 spiro atoms. The highest BCUT2D eigenvalue weighted by Crippen LogP contribution is 2.13. The van der Waals surface area contributed by atoms with Gasteiger partial charge in [0.2, 0.25) is 5.91 Å². The Morgan fingerprint density at radius 2 is 2.22 bits per heavy atom. The van der Waals surface area contributed by atoms with Gasteiger partial charge in [0.25, 0.3) is 0 Å². The van der Waals surface area contributed by atoms with Crippen LogP contribution >= 0.6 is 0 Å². The van der Waals surface area contributed by atoms with Gasteiger partial charge in [0.05, 0.1) is 7.11 Å². The lowest BCUT2D eigenvalue weighted by molar-refractivity contribution is -0.121. The fourth-order valence-corrected chi connectivity index (χ4v) is 1.67. The molecule has 1 rings (SSSR count). The SMILES string of the molecule is COc1cccc(CCC(=O)NCCCCN)c1. The fraction of sp³-hybridized carbons (Fsp3) is 0.500. The number of hydrogen-bond acceptors (Lipinski definition) is 3. The Kier molecular flexibility index (Phi) is 6.87. The van der Waals surface area contributed by atoms with Gasteiger partial charge in [-0.15, -0.1) is 0 Å². The number of ether oxygens (including phenoxy) is 1. The Bertz CT molecular complexity index is 367. The van der Waals surface area contributed by atoms with Crippen molar-refractivity contribution in [2.24, 2.45) is 5.73 Å². The van der Waals surface area contributed by atoms with Crippen LogP contribution in [0.3, 0.4) is 0 Å². The summed E-state index contributed by atoms with van der Waals surface area (Å²) in [4.78, 5) is 11.6. The number of methoxy groups -OCH3 is 1. The van der Waals surface area contributed by atoms with Crippen molar-refractivity contribution >= 4 is 5.91 Å². The molecule has 1 aromatic rings. The minimum Gasteiger partial charge on any atom is -0.497 e. The molecule has 0 aliphatic heterocycles. The maximum Gasteiger partial charge on any atom is 0.220 e. The summed E-state index contributed by atoms with van der Waals surface area (Å²) in [6.07, 6.45) is 3.15. The van der Waals surface area contributed by atoms with Gasteiger partial charge in [-0.3, -0.25) is 4.79 Å². The maximum atomic E-state index is 11.6. The molecule has 0 aliphatic carbocycles. The number of amides is 1. The second kappa shape index (κ2) is 8.53. The van der Waals surface area contributed by atoms with Crippen LogP contribution in [0.25, 0.3) is 0 Å². The van der Waals surface area contributed by atoms with Crippen molar-refractivity contribution in [2.75, 3.05) is 20.2 Å². The number of carbonyl (C=O) groups excluding carboxylic acids is 1. The minimum absolute atomic E-state index is 0.0924. The zero-order valence-electron chi connectivity index (χ0n) is 10.9. The molecule has 18 heavy (non-hydrogen) atoms. The van der Waals surface area contributed by atoms with Gasteiger partial charge in [-0.2, -0.15) is 0 Å². The lowest BCUT2D eigenvalue weighted by atomic mass is 10.1. The van der Waals surface area contributed by atoms with Gasteiger partial charge in [0.15, 0.2) is 0 Å². The Morgan fingerprint density at radius 1 is 1.39 bits per heavy atom. The van der Waals surface area contributed by atoms with Gasteiger partial charge in [-0.05, 0) is 43.5 Å². The average molecular weight is 250 g/mol. The standard InChI is InChI=1S/C14H22N2O2/c1-18-13-6-4-5-12(11-13)7-8-14(17)16-10-3-2-9-15/h4-6,11H,2-3,7-10,15H2,1H3,(H,16,17). The number of hydrogen-bond donors (Lipinski definition) is 2. The predicted molar refractivity (Wildman–Crippen MR) is 72.6 cm³/mol. The van der Waals surface area contributed by atoms with Gasteiger partial charge in [-0.1, -0.05) is 12.1 Å². The third kappa shape index (κ3) is 5.68. The van der Waals surface area contributed by atoms with Gasteiger partial charge < -0.3 is 15.8 Å². The highest BCUT2D eigenvalue weighted by atomic mass is 16.5. The first kappa shape index (κ1) is 14.5. The maximum absolute atomic E-state index is 11.6. The molecule has 0 fully saturated rings. The molecule has 1 aromatic carbocycles. The molecule has 0 atom stereocenters. The second-order valence-corrected chi connectivity index (χ2v) is 4.20. The summed E-state index contributed by atoms with van der Waals surface area (Å²) in [5.41, 5.74) is 6.50. The molecule has 1 amide bonds. The normalized spacial score (nSPS) is 10.1. The van der Waals surface area contributed by atoms with Crippen molar-refractivity contribution in [3.05, 3.63) is 29.8 Å². The first-order valence-electron chi connectivity index (χ1n) is 6.36. The van der Waals surface area contributed by atoms with Crippen LogP contribution in [0.1, 0.15) is 24.8 Å². The molecule has 0 radical (unpaired) electrons. The van der Waals surface area contributed by atoms with E-state index in [4.69, 9.17) is 10.5 Å². The summed E-state index contributed by atoms with van der Waals surface area (Å²) < 4.78 is 5.14. The fourth-order valence-electron chi connectivity index (χ4n) is 1.67. The van der Waals surface area contributed by atoms with Crippen molar-refractivity contribution in [3.63, 3.8) is 0 Å². The van der Waals surface area contributed by atoms with Crippen LogP contribution in [0.15, 0.2) is 24.3 Å². The molecule has 0 saturated heterocycles. The van der Waals surface area contributed by atoms with Crippen LogP contribution in [0, 0.1) is 0 Å². The number of benzene rings is 1. The lowest BCUT2D eigenvalue weighted by Crippen LogP contribution is -2.25. The van der Waals surface area contributed by atoms with E-state index >= 15 is 0 Å². The van der Waals surface area contributed by atoms with E-state index in [1.165, 1.54) is 0 Å². The van der Waals surface area contributed by atoms with Crippen LogP contribution < -0.4 is 15.8 Å². The summed E-state index contributed by atoms with van der Waals surface area (Å²) in [6, 6.07) is 7.80. The van der Waals surface area contributed by atoms with Crippen molar-refractivity contribution in [3.8, 4) is 5.75 Å². The molecule has 4 heteroatoms. The number of nitrogens with two attached hydrogens (primary N) is 1. The zero-order chi connectivity index (χ0) is 13.2. The summed E-state index contributed by atoms with van der Waals surface area (Å²) >= 11 is 0. The third-order valence-electron chi connectivity index (χ3n) is 2.73. The zero-order valence-corrected chi connectivity index (χ0v) is 10.9. The van der Waals surface area contributed by atoms with Crippen molar-refractivity contribution in [1.82, 2.24) is 5.32 Å². The Labute approximate surface area is 109 Å². The van der Waals surface area contributed by atoms with Gasteiger partial charge in [0, 0.05) is 13.0 Å². The molecule has 3 N–H and O–H groups in total. The number of carbonyl (C=O) groups is 1. The molecule has 0 aromatic heterocycles. The molecule has 0 heterocycles. The van der Waals surface area contributed by atoms with Crippen molar-refractivity contribution in [1.29, 1.82) is 0 Å². The first-order chi connectivity index (χ1) is 8.76. The van der Waals surface area contributed by atoms with E-state index in [-0.39, 0.29) is 5.91 Å². The van der Waals surface area contributed by atoms with Gasteiger partial charge >= 0.3 is 0 Å². The van der Waals surface area contributed by atoms with E-state index in [2.05, 4.69) is 5.32 Å². The Morgan fingerprint density at radius 3 is 2.94 bits per heavy atom. The van der Waals surface area contributed by atoms with E-state index < -0.39 is 0 Å². The Hall–Kier alpha value is -1.55. The first-order valence-corrected chi connectivity index (χ1v) is 6.36. The Balaban J connectivity index is 2.24. The van der Waals surface area contributed by atoms with Crippen molar-refractivity contribution < 1.29 is 9.53 Å². The van der Waals surface area contributed by atoms with Crippen LogP contribution in [0.2, 0.25) is 0 Å². The summed E-state index contributed by atoms with van der Waals surface area (Å²) in [5.74, 6) is 0.922. The average Bonchev–Trinajstić information content (AvgIpc) is 2.41. The molecule has 0 saturated carbocycles. The molecule has 0 unspecified atom stereocenters. The molecule has 0 bridgehead atoms. The van der Waals surface area contributed by atoms with E-state index in [1.807, 2.05) is 24.3 Å². The summed E-state index contributed by atoms with van der Waals surface area (Å²) in [7, 11) is 1.64. The van der Waals surface area contributed by atoms with Crippen LogP contribution in [-0.2, 0) is 11.2 Å². The van der Waals surface area contributed by atoms with E-state index in [0.717, 1.165) is 30.6 Å². The number of nitrogens with one attached hydrogen (secondary N) is 1. The summed E-state index contributed by atoms with van der Waals surface area (Å²) in [5, 5.41) is 2.89. The van der Waals surface area contributed by atoms with Crippen molar-refractivity contribution in [2.45, 2.75) is 25.7 Å². The van der Waals surface area contributed by atoms with Crippen LogP contribution in [0.5, 0.6) is 5.75 Å². The minimum atomic E-state index is 0.0924. The highest BCUT2D eigenvalue weighted by Gasteiger charge is 2.02. The quantitative estimate of drug-likeness (QED) is 0.687. The topological polar surface area (TPSA) is 64.3 Å². The number of unbranched alkanes of at least 4 members (excludes halogenated alkanes) is 1. The predicted octanol–water partition coefficient (Wildman–Crippen LogP) is 1.48. The third-order valence-corrected chi connectivity index (χ3v) is 2.73. The van der Waals surface area contributed by atoms with E-state index in [0.29, 0.717) is 19.5 Å². The largest absolute Gasteiger partial charge is 0.497 e. The lowest BCUT2D eigenvalue weighted by Gasteiger charge is -2.06. The van der Waals surface area contributed by atoms with Crippen LogP contribution in [-0.4, -0.2) is 26.1 Å². The van der Waals surface area contributed by atoms with Gasteiger partial charge in [-0.25, -0.2) is 0 Å². The molecule has 4 nitrogen and oxygen atoms in total. The van der Waals surface area contributed by atoms with E-state index in [1.54, 1.807) is 7.11 Å². The second-order valence-electron chi connectivity index (χ2n) is 4.20. The monoisotopic (exact) mass is 250 g/mol. The number of aryl methyl sites for hydroxylation is 1. The smallest absolute Gasteiger partial charge is 0.220 e. The highest BCUT2D eigenvalue weighted by molar-refractivity contribution is 5.76. The van der Waals surface area contributed by atoms with E-state index in [9.17, 15) is 4.79 Å². The molecular weight excluding hydrogens is 228 g/mol. The van der Waals surface area contributed by atoms with Crippen LogP contribution in [0.4, 0.5) is 0 Å².